The highest BCUT2D eigenvalue weighted by Gasteiger charge is 2.42. The fraction of sp³-hybridized carbons (Fsp3) is 0.0938. The van der Waals surface area contributed by atoms with Crippen molar-refractivity contribution >= 4 is 46.9 Å². The van der Waals surface area contributed by atoms with Crippen LogP contribution in [0.2, 0.25) is 0 Å². The van der Waals surface area contributed by atoms with Gasteiger partial charge in [0.2, 0.25) is 5.91 Å². The van der Waals surface area contributed by atoms with E-state index in [1.807, 2.05) is 0 Å². The summed E-state index contributed by atoms with van der Waals surface area (Å²) in [7, 11) is 1.34. The first-order chi connectivity index (χ1) is 22.7. The van der Waals surface area contributed by atoms with Gasteiger partial charge < -0.3 is 25.8 Å². The first-order valence-corrected chi connectivity index (χ1v) is 14.4. The monoisotopic (exact) mass is 693 g/mol. The Hall–Kier alpha value is -5.51. The normalized spacial score (nSPS) is 11.5. The molecule has 4 N–H and O–H groups in total. The average molecular weight is 694 g/mol. The van der Waals surface area contributed by atoms with Gasteiger partial charge in [0, 0.05) is 27.8 Å². The van der Waals surface area contributed by atoms with Crippen molar-refractivity contribution in [2.45, 2.75) is 11.1 Å². The maximum absolute atomic E-state index is 14.2. The van der Waals surface area contributed by atoms with Crippen LogP contribution in [0.4, 0.5) is 42.1 Å². The van der Waals surface area contributed by atoms with Crippen LogP contribution in [0.5, 0.6) is 11.5 Å². The van der Waals surface area contributed by atoms with Crippen LogP contribution in [0, 0.1) is 23.3 Å². The largest absolute Gasteiger partial charge is 0.508 e. The average Bonchev–Trinajstić information content (AvgIpc) is 3.05. The molecule has 0 aliphatic carbocycles. The Labute approximate surface area is 271 Å². The molecule has 0 atom stereocenters. The minimum Gasteiger partial charge on any atom is -0.508 e. The van der Waals surface area contributed by atoms with Crippen molar-refractivity contribution in [3.63, 3.8) is 0 Å². The number of aromatic hydroxyl groups is 1. The predicted molar refractivity (Wildman–Crippen MR) is 162 cm³/mol. The van der Waals surface area contributed by atoms with Gasteiger partial charge in [0.1, 0.15) is 28.4 Å². The maximum atomic E-state index is 14.2. The maximum Gasteiger partial charge on any atom is 0.422 e. The molecule has 0 aromatic heterocycles. The van der Waals surface area contributed by atoms with E-state index in [2.05, 4.69) is 10.6 Å². The summed E-state index contributed by atoms with van der Waals surface area (Å²) in [5, 5.41) is 16.4. The number of nitrogens with one attached hydrogen (secondary N) is 3. The first kappa shape index (κ1) is 35.3. The third-order valence-corrected chi connectivity index (χ3v) is 7.31. The molecule has 0 saturated heterocycles. The van der Waals surface area contributed by atoms with E-state index in [0.29, 0.717) is 10.5 Å². The summed E-state index contributed by atoms with van der Waals surface area (Å²) in [4.78, 5) is 38.9. The van der Waals surface area contributed by atoms with Crippen LogP contribution in [-0.2, 0) is 15.8 Å². The molecular weight excluding hydrogens is 671 g/mol. The quantitative estimate of drug-likeness (QED) is 0.0609. The Morgan fingerprint density at radius 2 is 1.52 bits per heavy atom. The number of phenolic OH excluding ortho intramolecular Hbond substituents is 1. The number of alkyl halides is 3. The van der Waals surface area contributed by atoms with Crippen LogP contribution in [0.25, 0.3) is 6.08 Å². The number of carbonyl (C=O) groups is 3. The number of benzene rings is 4. The Morgan fingerprint density at radius 1 is 0.854 bits per heavy atom. The van der Waals surface area contributed by atoms with Gasteiger partial charge in [0.05, 0.1) is 12.9 Å². The lowest BCUT2D eigenvalue weighted by molar-refractivity contribution is -0.143. The zero-order valence-corrected chi connectivity index (χ0v) is 25.2. The highest BCUT2D eigenvalue weighted by atomic mass is 32.2. The van der Waals surface area contributed by atoms with Crippen molar-refractivity contribution in [1.29, 1.82) is 0 Å². The van der Waals surface area contributed by atoms with Crippen LogP contribution in [0.15, 0.2) is 83.4 Å². The van der Waals surface area contributed by atoms with Gasteiger partial charge in [-0.1, -0.05) is 24.3 Å². The fourth-order valence-corrected chi connectivity index (χ4v) is 4.85. The second-order valence-electron chi connectivity index (χ2n) is 9.63. The highest BCUT2D eigenvalue weighted by Crippen LogP contribution is 2.38. The molecule has 4 aromatic carbocycles. The molecular formula is C32H22F7N3O5S. The zero-order chi connectivity index (χ0) is 35.2. The van der Waals surface area contributed by atoms with E-state index >= 15 is 0 Å². The van der Waals surface area contributed by atoms with E-state index in [1.54, 1.807) is 18.2 Å². The van der Waals surface area contributed by atoms with E-state index in [-0.39, 0.29) is 28.4 Å². The second-order valence-corrected chi connectivity index (χ2v) is 10.7. The molecule has 16 heteroatoms. The number of halogens is 7. The Kier molecular flexibility index (Phi) is 11.0. The van der Waals surface area contributed by atoms with E-state index in [0.717, 1.165) is 11.8 Å². The molecule has 0 aliphatic heterocycles. The fourth-order valence-electron chi connectivity index (χ4n) is 4.09. The summed E-state index contributed by atoms with van der Waals surface area (Å²) < 4.78 is 99.9. The third kappa shape index (κ3) is 8.44. The number of thioether (sulfide) groups is 1. The molecule has 0 bridgehead atoms. The summed E-state index contributed by atoms with van der Waals surface area (Å²) in [5.74, 6) is -13.5. The van der Waals surface area contributed by atoms with Crippen molar-refractivity contribution < 1.29 is 55.0 Å². The first-order valence-electron chi connectivity index (χ1n) is 13.4. The lowest BCUT2D eigenvalue weighted by Crippen LogP contribution is -2.30. The molecule has 48 heavy (non-hydrogen) atoms. The van der Waals surface area contributed by atoms with Gasteiger partial charge in [-0.3, -0.25) is 14.4 Å². The zero-order valence-electron chi connectivity index (χ0n) is 24.3. The number of hydrogen-bond acceptors (Lipinski definition) is 6. The van der Waals surface area contributed by atoms with E-state index in [4.69, 9.17) is 4.74 Å². The summed E-state index contributed by atoms with van der Waals surface area (Å²) in [6, 6.07) is 17.8. The summed E-state index contributed by atoms with van der Waals surface area (Å²) in [6.45, 7) is 0. The molecule has 0 fully saturated rings. The smallest absolute Gasteiger partial charge is 0.422 e. The topological polar surface area (TPSA) is 117 Å². The van der Waals surface area contributed by atoms with Gasteiger partial charge in [0.25, 0.3) is 11.8 Å². The summed E-state index contributed by atoms with van der Waals surface area (Å²) >= 11 is 0.741. The van der Waals surface area contributed by atoms with Crippen LogP contribution >= 0.6 is 11.8 Å². The Balaban J connectivity index is 1.51. The second kappa shape index (κ2) is 14.9. The van der Waals surface area contributed by atoms with E-state index in [9.17, 15) is 50.2 Å². The van der Waals surface area contributed by atoms with Crippen LogP contribution in [0.3, 0.4) is 0 Å². The molecule has 0 unspecified atom stereocenters. The van der Waals surface area contributed by atoms with Crippen LogP contribution < -0.4 is 20.7 Å². The van der Waals surface area contributed by atoms with Gasteiger partial charge in [-0.05, 0) is 48.5 Å². The molecule has 8 nitrogen and oxygen atoms in total. The predicted octanol–water partition coefficient (Wildman–Crippen LogP) is 7.12. The van der Waals surface area contributed by atoms with Crippen LogP contribution in [-0.4, -0.2) is 35.7 Å². The molecule has 0 heterocycles. The minimum atomic E-state index is -5.74. The highest BCUT2D eigenvalue weighted by molar-refractivity contribution is 8.00. The van der Waals surface area contributed by atoms with E-state index < -0.39 is 64.2 Å². The van der Waals surface area contributed by atoms with Gasteiger partial charge in [-0.15, -0.1) is 11.8 Å². The molecule has 4 aromatic rings. The number of hydrogen-bond donors (Lipinski definition) is 4. The van der Waals surface area contributed by atoms with Crippen molar-refractivity contribution in [1.82, 2.24) is 5.32 Å². The Bertz CT molecular complexity index is 1870. The standard InChI is InChI=1S/C32H22F7N3O5S/c1-47-22-14-19(43)11-10-17(22)12-21(41-30(45)16-6-3-2-4-7-16)31(46)40-18-8-5-9-20(13-18)48-15-23(44)42-29-27(35)25(33)24(32(37,38)39)26(34)28(29)36/h2-14,43H,15H2,1H3,(H,40,46)(H,41,45)(H,42,44)/b21-12+. The van der Waals surface area contributed by atoms with Crippen LogP contribution in [0.1, 0.15) is 21.5 Å². The van der Waals surface area contributed by atoms with Crippen molar-refractivity contribution in [3.05, 3.63) is 118 Å². The van der Waals surface area contributed by atoms with Gasteiger partial charge >= 0.3 is 6.18 Å². The number of anilines is 2. The third-order valence-electron chi connectivity index (χ3n) is 6.32. The molecule has 0 spiro atoms. The van der Waals surface area contributed by atoms with Crippen molar-refractivity contribution in [2.75, 3.05) is 23.5 Å². The van der Waals surface area contributed by atoms with Gasteiger partial charge in [0.15, 0.2) is 23.3 Å². The SMILES string of the molecule is COc1cc(O)ccc1/C=C(/NC(=O)c1ccccc1)C(=O)Nc1cccc(SCC(=O)Nc2c(F)c(F)c(C(F)(F)F)c(F)c2F)c1. The van der Waals surface area contributed by atoms with Gasteiger partial charge in [-0.2, -0.15) is 13.2 Å². The molecule has 0 aliphatic rings. The van der Waals surface area contributed by atoms with Crippen molar-refractivity contribution in [2.24, 2.45) is 0 Å². The Morgan fingerprint density at radius 3 is 2.15 bits per heavy atom. The van der Waals surface area contributed by atoms with Gasteiger partial charge in [-0.25, -0.2) is 17.6 Å². The lowest BCUT2D eigenvalue weighted by atomic mass is 10.1. The number of amides is 3. The van der Waals surface area contributed by atoms with E-state index in [1.165, 1.54) is 73.1 Å². The molecule has 4 rings (SSSR count). The summed E-state index contributed by atoms with van der Waals surface area (Å²) in [5.41, 5.74) is -4.01. The lowest BCUT2D eigenvalue weighted by Gasteiger charge is -2.15. The summed E-state index contributed by atoms with van der Waals surface area (Å²) in [6.07, 6.45) is -4.43. The minimum absolute atomic E-state index is 0.111. The number of rotatable bonds is 10. The number of ether oxygens (including phenoxy) is 1. The molecule has 0 saturated carbocycles. The molecule has 250 valence electrons. The molecule has 3 amide bonds. The molecule has 0 radical (unpaired) electrons. The number of carbonyl (C=O) groups excluding carboxylic acids is 3. The number of methoxy groups -OCH3 is 1. The number of phenols is 1. The van der Waals surface area contributed by atoms with Crippen molar-refractivity contribution in [3.8, 4) is 11.5 Å².